The molecule has 2 rings (SSSR count). The second-order valence-corrected chi connectivity index (χ2v) is 3.71. The number of rotatable bonds is 1. The number of aldehydes is 1. The molecule has 90 valence electrons. The number of carbonyl (C=O) groups is 2. The molecule has 0 fully saturated rings. The summed E-state index contributed by atoms with van der Waals surface area (Å²) in [6.45, 7) is 0. The maximum Gasteiger partial charge on any atom is 0.471 e. The minimum Gasteiger partial charge on any atom is -0.301 e. The van der Waals surface area contributed by atoms with Crippen molar-refractivity contribution in [3.8, 4) is 0 Å². The summed E-state index contributed by atoms with van der Waals surface area (Å²) in [5, 5.41) is 0. The van der Waals surface area contributed by atoms with E-state index in [9.17, 15) is 22.8 Å². The van der Waals surface area contributed by atoms with Crippen LogP contribution in [0, 0.1) is 0 Å². The van der Waals surface area contributed by atoms with Crippen LogP contribution in [-0.4, -0.2) is 24.4 Å². The van der Waals surface area contributed by atoms with Crippen LogP contribution in [0.25, 0.3) is 0 Å². The van der Waals surface area contributed by atoms with Crippen LogP contribution >= 0.6 is 0 Å². The highest BCUT2D eigenvalue weighted by Gasteiger charge is 2.47. The van der Waals surface area contributed by atoms with Crippen LogP contribution in [-0.2, 0) is 16.0 Å². The Morgan fingerprint density at radius 2 is 2.00 bits per heavy atom. The molecule has 0 saturated carbocycles. The van der Waals surface area contributed by atoms with E-state index in [0.717, 1.165) is 0 Å². The van der Waals surface area contributed by atoms with Gasteiger partial charge in [0, 0.05) is 12.1 Å². The molecule has 1 aromatic rings. The van der Waals surface area contributed by atoms with Crippen LogP contribution in [0.1, 0.15) is 5.56 Å². The number of anilines is 1. The zero-order chi connectivity index (χ0) is 12.6. The Hall–Kier alpha value is -1.85. The van der Waals surface area contributed by atoms with Crippen molar-refractivity contribution < 1.29 is 22.8 Å². The molecular weight excluding hydrogens is 235 g/mol. The normalized spacial score (nSPS) is 19.0. The van der Waals surface area contributed by atoms with Crippen molar-refractivity contribution in [3.63, 3.8) is 0 Å². The number of alkyl halides is 3. The molecule has 1 aromatic carbocycles. The van der Waals surface area contributed by atoms with Gasteiger partial charge in [0.15, 0.2) is 0 Å². The molecule has 1 aliphatic heterocycles. The summed E-state index contributed by atoms with van der Waals surface area (Å²) in [6.07, 6.45) is -4.48. The Balaban J connectivity index is 2.44. The minimum absolute atomic E-state index is 0.126. The average Bonchev–Trinajstić information content (AvgIpc) is 2.64. The molecule has 1 unspecified atom stereocenters. The van der Waals surface area contributed by atoms with Gasteiger partial charge in [-0.25, -0.2) is 0 Å². The van der Waals surface area contributed by atoms with E-state index < -0.39 is 18.1 Å². The fourth-order valence-corrected chi connectivity index (χ4v) is 1.92. The quantitative estimate of drug-likeness (QED) is 0.704. The number of amides is 1. The van der Waals surface area contributed by atoms with Crippen molar-refractivity contribution in [2.75, 3.05) is 4.90 Å². The molecule has 0 aromatic heterocycles. The molecule has 0 aliphatic carbocycles. The Morgan fingerprint density at radius 3 is 2.59 bits per heavy atom. The number of nitrogens with zero attached hydrogens (tertiary/aromatic N) is 1. The molecule has 0 spiro atoms. The number of hydrogen-bond acceptors (Lipinski definition) is 2. The zero-order valence-electron chi connectivity index (χ0n) is 8.57. The van der Waals surface area contributed by atoms with Gasteiger partial charge in [-0.05, 0) is 11.6 Å². The van der Waals surface area contributed by atoms with Crippen LogP contribution in [0.4, 0.5) is 18.9 Å². The lowest BCUT2D eigenvalue weighted by atomic mass is 10.1. The third-order valence-electron chi connectivity index (χ3n) is 2.63. The van der Waals surface area contributed by atoms with Crippen molar-refractivity contribution in [3.05, 3.63) is 29.8 Å². The van der Waals surface area contributed by atoms with Crippen LogP contribution < -0.4 is 4.90 Å². The molecule has 0 radical (unpaired) electrons. The van der Waals surface area contributed by atoms with Gasteiger partial charge in [0.25, 0.3) is 0 Å². The van der Waals surface area contributed by atoms with Crippen LogP contribution in [0.3, 0.4) is 0 Å². The van der Waals surface area contributed by atoms with E-state index in [2.05, 4.69) is 0 Å². The van der Waals surface area contributed by atoms with Crippen LogP contribution in [0.15, 0.2) is 24.3 Å². The fourth-order valence-electron chi connectivity index (χ4n) is 1.92. The van der Waals surface area contributed by atoms with Gasteiger partial charge in [-0.3, -0.25) is 9.69 Å². The van der Waals surface area contributed by atoms with Gasteiger partial charge in [-0.2, -0.15) is 13.2 Å². The van der Waals surface area contributed by atoms with Crippen LogP contribution in [0.2, 0.25) is 0 Å². The van der Waals surface area contributed by atoms with E-state index in [1.807, 2.05) is 0 Å². The van der Waals surface area contributed by atoms with Gasteiger partial charge in [-0.15, -0.1) is 0 Å². The molecule has 1 atom stereocenters. The number of para-hydroxylation sites is 1. The third kappa shape index (κ3) is 1.90. The third-order valence-corrected chi connectivity index (χ3v) is 2.63. The Kier molecular flexibility index (Phi) is 2.65. The zero-order valence-corrected chi connectivity index (χ0v) is 8.57. The topological polar surface area (TPSA) is 37.4 Å². The standard InChI is InChI=1S/C11H8F3NO2/c12-11(13,14)10(17)15-8(6-16)5-7-3-1-2-4-9(7)15/h1-4,6,8H,5H2. The van der Waals surface area contributed by atoms with Gasteiger partial charge in [0.2, 0.25) is 0 Å². The highest BCUT2D eigenvalue weighted by atomic mass is 19.4. The summed E-state index contributed by atoms with van der Waals surface area (Å²) in [7, 11) is 0. The summed E-state index contributed by atoms with van der Waals surface area (Å²) >= 11 is 0. The minimum atomic E-state index is -4.97. The largest absolute Gasteiger partial charge is 0.471 e. The van der Waals surface area contributed by atoms with E-state index in [4.69, 9.17) is 0 Å². The molecule has 1 aliphatic rings. The van der Waals surface area contributed by atoms with Gasteiger partial charge in [0.05, 0.1) is 6.04 Å². The Bertz CT molecular complexity index is 470. The molecular formula is C11H8F3NO2. The molecule has 17 heavy (non-hydrogen) atoms. The summed E-state index contributed by atoms with van der Waals surface area (Å²) in [5.41, 5.74) is 0.731. The maximum atomic E-state index is 12.4. The summed E-state index contributed by atoms with van der Waals surface area (Å²) in [6, 6.07) is 5.13. The highest BCUT2D eigenvalue weighted by Crippen LogP contribution is 2.34. The van der Waals surface area contributed by atoms with Crippen molar-refractivity contribution in [1.29, 1.82) is 0 Å². The maximum absolute atomic E-state index is 12.4. The van der Waals surface area contributed by atoms with Gasteiger partial charge < -0.3 is 4.79 Å². The number of carbonyl (C=O) groups excluding carboxylic acids is 2. The van der Waals surface area contributed by atoms with Crippen molar-refractivity contribution >= 4 is 17.9 Å². The Labute approximate surface area is 94.8 Å². The molecule has 3 nitrogen and oxygen atoms in total. The van der Waals surface area contributed by atoms with E-state index in [0.29, 0.717) is 16.7 Å². The molecule has 1 amide bonds. The van der Waals surface area contributed by atoms with Crippen LogP contribution in [0.5, 0.6) is 0 Å². The molecule has 0 N–H and O–H groups in total. The summed E-state index contributed by atoms with van der Waals surface area (Å²) < 4.78 is 37.2. The van der Waals surface area contributed by atoms with E-state index in [1.165, 1.54) is 12.1 Å². The Morgan fingerprint density at radius 1 is 1.35 bits per heavy atom. The molecule has 1 heterocycles. The smallest absolute Gasteiger partial charge is 0.301 e. The summed E-state index contributed by atoms with van der Waals surface area (Å²) in [5.74, 6) is -2.00. The lowest BCUT2D eigenvalue weighted by Gasteiger charge is -2.22. The van der Waals surface area contributed by atoms with E-state index >= 15 is 0 Å². The first-order chi connectivity index (χ1) is 7.95. The SMILES string of the molecule is O=CC1Cc2ccccc2N1C(=O)C(F)(F)F. The van der Waals surface area contributed by atoms with E-state index in [1.54, 1.807) is 12.1 Å². The number of halogens is 3. The number of fused-ring (bicyclic) bond motifs is 1. The first-order valence-electron chi connectivity index (χ1n) is 4.88. The monoisotopic (exact) mass is 243 g/mol. The predicted molar refractivity (Wildman–Crippen MR) is 53.5 cm³/mol. The second-order valence-electron chi connectivity index (χ2n) is 3.71. The fraction of sp³-hybridized carbons (Fsp3) is 0.273. The van der Waals surface area contributed by atoms with Gasteiger partial charge >= 0.3 is 12.1 Å². The van der Waals surface area contributed by atoms with E-state index in [-0.39, 0.29) is 12.1 Å². The molecule has 6 heteroatoms. The predicted octanol–water partition coefficient (Wildman–Crippen LogP) is 1.71. The highest BCUT2D eigenvalue weighted by molar-refractivity contribution is 6.02. The molecule has 0 saturated heterocycles. The first-order valence-corrected chi connectivity index (χ1v) is 4.88. The van der Waals surface area contributed by atoms with Gasteiger partial charge in [0.1, 0.15) is 6.29 Å². The lowest BCUT2D eigenvalue weighted by Crippen LogP contribution is -2.46. The molecule has 0 bridgehead atoms. The second kappa shape index (κ2) is 3.87. The lowest BCUT2D eigenvalue weighted by molar-refractivity contribution is -0.170. The number of hydrogen-bond donors (Lipinski definition) is 0. The first kappa shape index (κ1) is 11.6. The van der Waals surface area contributed by atoms with Crippen molar-refractivity contribution in [2.45, 2.75) is 18.6 Å². The van der Waals surface area contributed by atoms with Crippen molar-refractivity contribution in [1.82, 2.24) is 0 Å². The summed E-state index contributed by atoms with van der Waals surface area (Å²) in [4.78, 5) is 22.5. The van der Waals surface area contributed by atoms with Gasteiger partial charge in [-0.1, -0.05) is 18.2 Å². The average molecular weight is 243 g/mol. The van der Waals surface area contributed by atoms with Crippen molar-refractivity contribution in [2.24, 2.45) is 0 Å². The number of benzene rings is 1.